The van der Waals surface area contributed by atoms with Crippen molar-refractivity contribution < 1.29 is 0 Å². The van der Waals surface area contributed by atoms with E-state index in [1.54, 1.807) is 0 Å². The van der Waals surface area contributed by atoms with Crippen LogP contribution in [-0.2, 0) is 6.54 Å². The summed E-state index contributed by atoms with van der Waals surface area (Å²) in [5, 5.41) is 8.16. The molecule has 0 saturated carbocycles. The molecule has 0 amide bonds. The zero-order valence-electron chi connectivity index (χ0n) is 11.4. The smallest absolute Gasteiger partial charge is 0.0248 e. The summed E-state index contributed by atoms with van der Waals surface area (Å²) in [6, 6.07) is 1.29. The molecule has 17 heavy (non-hydrogen) atoms. The average molecular weight is 252 g/mol. The molecule has 0 aliphatic carbocycles. The third-order valence-electron chi connectivity index (χ3n) is 3.76. The molecule has 1 fully saturated rings. The molecular weight excluding hydrogens is 228 g/mol. The summed E-state index contributed by atoms with van der Waals surface area (Å²) in [6.45, 7) is 12.6. The lowest BCUT2D eigenvalue weighted by molar-refractivity contribution is 0.0955. The van der Waals surface area contributed by atoms with Gasteiger partial charge in [-0.25, -0.2) is 0 Å². The van der Waals surface area contributed by atoms with Gasteiger partial charge < -0.3 is 5.32 Å². The molecule has 0 radical (unpaired) electrons. The molecule has 1 aromatic rings. The number of nitrogens with one attached hydrogen (secondary N) is 1. The predicted molar refractivity (Wildman–Crippen MR) is 75.6 cm³/mol. The predicted octanol–water partition coefficient (Wildman–Crippen LogP) is 2.87. The van der Waals surface area contributed by atoms with Gasteiger partial charge in [-0.05, 0) is 41.7 Å². The Hall–Kier alpha value is -0.380. The third-order valence-corrected chi connectivity index (χ3v) is 4.67. The molecule has 1 aliphatic heterocycles. The number of thiophene rings is 1. The van der Waals surface area contributed by atoms with Crippen molar-refractivity contribution in [2.24, 2.45) is 5.92 Å². The number of aryl methyl sites for hydroxylation is 1. The van der Waals surface area contributed by atoms with Gasteiger partial charge in [0.05, 0.1) is 0 Å². The molecule has 2 unspecified atom stereocenters. The van der Waals surface area contributed by atoms with Crippen LogP contribution in [0.1, 0.15) is 31.9 Å². The highest BCUT2D eigenvalue weighted by Crippen LogP contribution is 2.21. The Morgan fingerprint density at radius 3 is 2.82 bits per heavy atom. The SMILES string of the molecule is Cc1cscc1CN1CC(C)NCC1C(C)C. The van der Waals surface area contributed by atoms with Gasteiger partial charge in [-0.1, -0.05) is 13.8 Å². The maximum Gasteiger partial charge on any atom is 0.0248 e. The summed E-state index contributed by atoms with van der Waals surface area (Å²) in [5.74, 6) is 0.717. The first kappa shape index (κ1) is 13.1. The zero-order valence-corrected chi connectivity index (χ0v) is 12.2. The van der Waals surface area contributed by atoms with E-state index in [9.17, 15) is 0 Å². The molecule has 2 nitrogen and oxygen atoms in total. The van der Waals surface area contributed by atoms with Crippen LogP contribution in [0.4, 0.5) is 0 Å². The second kappa shape index (κ2) is 5.51. The largest absolute Gasteiger partial charge is 0.311 e. The molecule has 96 valence electrons. The summed E-state index contributed by atoms with van der Waals surface area (Å²) in [7, 11) is 0. The van der Waals surface area contributed by atoms with Gasteiger partial charge in [0.25, 0.3) is 0 Å². The molecule has 1 N–H and O–H groups in total. The van der Waals surface area contributed by atoms with Crippen molar-refractivity contribution in [1.82, 2.24) is 10.2 Å². The maximum absolute atomic E-state index is 3.60. The Labute approximate surface area is 109 Å². The molecule has 3 heteroatoms. The first-order chi connectivity index (χ1) is 8.08. The Balaban J connectivity index is 2.07. The Bertz CT molecular complexity index is 359. The van der Waals surface area contributed by atoms with Crippen molar-refractivity contribution in [2.75, 3.05) is 13.1 Å². The molecule has 0 spiro atoms. The first-order valence-electron chi connectivity index (χ1n) is 6.57. The molecule has 0 bridgehead atoms. The summed E-state index contributed by atoms with van der Waals surface area (Å²) in [6.07, 6.45) is 0. The Morgan fingerprint density at radius 1 is 1.47 bits per heavy atom. The van der Waals surface area contributed by atoms with Crippen molar-refractivity contribution >= 4 is 11.3 Å². The molecule has 1 saturated heterocycles. The minimum atomic E-state index is 0.615. The lowest BCUT2D eigenvalue weighted by Crippen LogP contribution is -2.56. The van der Waals surface area contributed by atoms with Crippen LogP contribution in [0.25, 0.3) is 0 Å². The Morgan fingerprint density at radius 2 is 2.24 bits per heavy atom. The fraction of sp³-hybridized carbons (Fsp3) is 0.714. The summed E-state index contributed by atoms with van der Waals surface area (Å²) in [4.78, 5) is 2.65. The van der Waals surface area contributed by atoms with Crippen molar-refractivity contribution in [1.29, 1.82) is 0 Å². The normalized spacial score (nSPS) is 26.6. The highest BCUT2D eigenvalue weighted by atomic mass is 32.1. The van der Waals surface area contributed by atoms with Crippen LogP contribution < -0.4 is 5.32 Å². The van der Waals surface area contributed by atoms with Crippen molar-refractivity contribution in [3.05, 3.63) is 21.9 Å². The van der Waals surface area contributed by atoms with Gasteiger partial charge in [-0.2, -0.15) is 11.3 Å². The van der Waals surface area contributed by atoms with E-state index in [0.717, 1.165) is 19.6 Å². The summed E-state index contributed by atoms with van der Waals surface area (Å²) < 4.78 is 0. The molecule has 2 heterocycles. The lowest BCUT2D eigenvalue weighted by Gasteiger charge is -2.41. The number of piperazine rings is 1. The van der Waals surface area contributed by atoms with Crippen LogP contribution in [0, 0.1) is 12.8 Å². The van der Waals surface area contributed by atoms with Crippen LogP contribution in [0.5, 0.6) is 0 Å². The quantitative estimate of drug-likeness (QED) is 0.890. The second-order valence-electron chi connectivity index (χ2n) is 5.63. The van der Waals surface area contributed by atoms with Crippen LogP contribution in [0.3, 0.4) is 0 Å². The number of hydrogen-bond donors (Lipinski definition) is 1. The fourth-order valence-electron chi connectivity index (χ4n) is 2.61. The van der Waals surface area contributed by atoms with Gasteiger partial charge in [0.2, 0.25) is 0 Å². The first-order valence-corrected chi connectivity index (χ1v) is 7.51. The number of rotatable bonds is 3. The van der Waals surface area contributed by atoms with E-state index in [2.05, 4.69) is 48.7 Å². The van der Waals surface area contributed by atoms with Crippen LogP contribution in [0.15, 0.2) is 10.8 Å². The second-order valence-corrected chi connectivity index (χ2v) is 6.37. The van der Waals surface area contributed by atoms with Gasteiger partial charge in [0.1, 0.15) is 0 Å². The lowest BCUT2D eigenvalue weighted by atomic mass is 9.98. The maximum atomic E-state index is 3.60. The molecular formula is C14H24N2S. The van der Waals surface area contributed by atoms with Crippen molar-refractivity contribution in [3.8, 4) is 0 Å². The van der Waals surface area contributed by atoms with E-state index in [1.807, 2.05) is 11.3 Å². The number of nitrogens with zero attached hydrogens (tertiary/aromatic N) is 1. The van der Waals surface area contributed by atoms with Gasteiger partial charge in [-0.3, -0.25) is 4.90 Å². The van der Waals surface area contributed by atoms with E-state index in [4.69, 9.17) is 0 Å². The zero-order chi connectivity index (χ0) is 12.4. The molecule has 0 aromatic carbocycles. The summed E-state index contributed by atoms with van der Waals surface area (Å²) in [5.41, 5.74) is 2.96. The van der Waals surface area contributed by atoms with Crippen molar-refractivity contribution in [2.45, 2.75) is 46.3 Å². The molecule has 1 aliphatic rings. The fourth-order valence-corrected chi connectivity index (χ4v) is 3.46. The minimum Gasteiger partial charge on any atom is -0.311 e. The van der Waals surface area contributed by atoms with Crippen LogP contribution in [0.2, 0.25) is 0 Å². The monoisotopic (exact) mass is 252 g/mol. The Kier molecular flexibility index (Phi) is 4.23. The standard InChI is InChI=1S/C14H24N2S/c1-10(2)14-5-15-12(4)6-16(14)7-13-9-17-8-11(13)3/h8-10,12,14-15H,5-7H2,1-4H3. The van der Waals surface area contributed by atoms with Gasteiger partial charge in [0, 0.05) is 31.7 Å². The van der Waals surface area contributed by atoms with E-state index >= 15 is 0 Å². The molecule has 2 rings (SSSR count). The van der Waals surface area contributed by atoms with E-state index in [1.165, 1.54) is 11.1 Å². The third kappa shape index (κ3) is 3.09. The highest BCUT2D eigenvalue weighted by Gasteiger charge is 2.28. The van der Waals surface area contributed by atoms with Crippen molar-refractivity contribution in [3.63, 3.8) is 0 Å². The van der Waals surface area contributed by atoms with Crippen LogP contribution in [-0.4, -0.2) is 30.1 Å². The van der Waals surface area contributed by atoms with Crippen LogP contribution >= 0.6 is 11.3 Å². The minimum absolute atomic E-state index is 0.615. The van der Waals surface area contributed by atoms with E-state index in [0.29, 0.717) is 18.0 Å². The van der Waals surface area contributed by atoms with Gasteiger partial charge >= 0.3 is 0 Å². The average Bonchev–Trinajstić information content (AvgIpc) is 2.64. The molecule has 1 aromatic heterocycles. The van der Waals surface area contributed by atoms with Gasteiger partial charge in [0.15, 0.2) is 0 Å². The summed E-state index contributed by atoms with van der Waals surface area (Å²) >= 11 is 1.82. The number of hydrogen-bond acceptors (Lipinski definition) is 3. The van der Waals surface area contributed by atoms with E-state index in [-0.39, 0.29) is 0 Å². The highest BCUT2D eigenvalue weighted by molar-refractivity contribution is 7.08. The van der Waals surface area contributed by atoms with E-state index < -0.39 is 0 Å². The topological polar surface area (TPSA) is 15.3 Å². The molecule has 2 atom stereocenters. The van der Waals surface area contributed by atoms with Gasteiger partial charge in [-0.15, -0.1) is 0 Å².